The number of carbonyl (C=O) groups excluding carboxylic acids is 3. The summed E-state index contributed by atoms with van der Waals surface area (Å²) in [5.41, 5.74) is 2.38. The lowest BCUT2D eigenvalue weighted by Gasteiger charge is -2.23. The molecule has 2 atom stereocenters. The fourth-order valence-corrected chi connectivity index (χ4v) is 2.95. The molecule has 0 saturated carbocycles. The van der Waals surface area contributed by atoms with Crippen LogP contribution in [0.2, 0.25) is 0 Å². The predicted molar refractivity (Wildman–Crippen MR) is 112 cm³/mol. The predicted octanol–water partition coefficient (Wildman–Crippen LogP) is 1.88. The number of imide groups is 1. The number of nitrogens with one attached hydrogen (secondary N) is 3. The molecule has 2 aromatic carbocycles. The Labute approximate surface area is 177 Å². The van der Waals surface area contributed by atoms with Crippen LogP contribution in [-0.2, 0) is 9.59 Å². The highest BCUT2D eigenvalue weighted by atomic mass is 16.6. The number of anilines is 1. The Kier molecular flexibility index (Phi) is 6.61. The van der Waals surface area contributed by atoms with E-state index in [4.69, 9.17) is 4.74 Å². The van der Waals surface area contributed by atoms with Crippen LogP contribution in [0.3, 0.4) is 0 Å². The molecule has 1 saturated heterocycles. The molecule has 10 heteroatoms. The Morgan fingerprint density at radius 1 is 1.23 bits per heavy atom. The summed E-state index contributed by atoms with van der Waals surface area (Å²) in [4.78, 5) is 45.5. The van der Waals surface area contributed by atoms with Gasteiger partial charge in [0.05, 0.1) is 0 Å². The van der Waals surface area contributed by atoms with Crippen LogP contribution in [0, 0.1) is 17.0 Å². The van der Waals surface area contributed by atoms with Gasteiger partial charge in [0.25, 0.3) is 5.91 Å². The maximum Gasteiger partial charge on any atom is 0.322 e. The average Bonchev–Trinajstić information content (AvgIpc) is 2.70. The van der Waals surface area contributed by atoms with E-state index >= 15 is 0 Å². The lowest BCUT2D eigenvalue weighted by molar-refractivity contribution is -0.510. The van der Waals surface area contributed by atoms with Crippen LogP contribution < -0.4 is 20.7 Å². The van der Waals surface area contributed by atoms with Crippen molar-refractivity contribution in [3.05, 3.63) is 75.8 Å². The number of nitro groups is 1. The number of rotatable bonds is 7. The van der Waals surface area contributed by atoms with Gasteiger partial charge in [0.1, 0.15) is 11.8 Å². The second kappa shape index (κ2) is 9.53. The van der Waals surface area contributed by atoms with Crippen LogP contribution >= 0.6 is 0 Å². The number of carbonyl (C=O) groups is 3. The highest BCUT2D eigenvalue weighted by Gasteiger charge is 2.43. The Morgan fingerprint density at radius 3 is 2.65 bits per heavy atom. The van der Waals surface area contributed by atoms with Crippen LogP contribution in [0.5, 0.6) is 5.75 Å². The van der Waals surface area contributed by atoms with Crippen LogP contribution in [0.15, 0.2) is 54.6 Å². The quantitative estimate of drug-likeness (QED) is 0.458. The highest BCUT2D eigenvalue weighted by molar-refractivity contribution is 6.00. The summed E-state index contributed by atoms with van der Waals surface area (Å²) in [5, 5.41) is 18.1. The van der Waals surface area contributed by atoms with Crippen molar-refractivity contribution in [2.24, 2.45) is 0 Å². The number of ether oxygens (including phenoxy) is 1. The van der Waals surface area contributed by atoms with Gasteiger partial charge in [-0.15, -0.1) is 0 Å². The molecule has 1 aliphatic heterocycles. The molecule has 1 fully saturated rings. The highest BCUT2D eigenvalue weighted by Crippen LogP contribution is 2.15. The van der Waals surface area contributed by atoms with Gasteiger partial charge >= 0.3 is 18.0 Å². The van der Waals surface area contributed by atoms with E-state index in [0.29, 0.717) is 17.0 Å². The number of aryl methyl sites for hydroxylation is 1. The van der Waals surface area contributed by atoms with Crippen molar-refractivity contribution in [1.82, 2.24) is 10.6 Å². The van der Waals surface area contributed by atoms with Crippen molar-refractivity contribution in [2.75, 3.05) is 11.9 Å². The van der Waals surface area contributed by atoms with E-state index in [1.165, 1.54) is 6.08 Å². The van der Waals surface area contributed by atoms with Gasteiger partial charge < -0.3 is 15.4 Å². The Morgan fingerprint density at radius 2 is 1.97 bits per heavy atom. The number of benzene rings is 2. The summed E-state index contributed by atoms with van der Waals surface area (Å²) in [5.74, 6) is -0.798. The zero-order valence-electron chi connectivity index (χ0n) is 16.5. The minimum atomic E-state index is -1.61. The van der Waals surface area contributed by atoms with Crippen LogP contribution in [0.1, 0.15) is 11.1 Å². The van der Waals surface area contributed by atoms with Crippen molar-refractivity contribution >= 4 is 29.6 Å². The van der Waals surface area contributed by atoms with Gasteiger partial charge in [-0.3, -0.25) is 25.0 Å². The lowest BCUT2D eigenvalue weighted by Crippen LogP contribution is -2.62. The summed E-state index contributed by atoms with van der Waals surface area (Å²) in [6.45, 7) is 1.76. The molecule has 1 heterocycles. The normalized spacial score (nSPS) is 18.2. The van der Waals surface area contributed by atoms with Crippen LogP contribution in [0.25, 0.3) is 6.08 Å². The van der Waals surface area contributed by atoms with E-state index in [-0.39, 0.29) is 12.5 Å². The second-order valence-corrected chi connectivity index (χ2v) is 6.85. The van der Waals surface area contributed by atoms with Gasteiger partial charge in [-0.25, -0.2) is 4.79 Å². The molecular weight excluding hydrogens is 404 g/mol. The number of nitrogens with zero attached hydrogens (tertiary/aromatic N) is 1. The van der Waals surface area contributed by atoms with Gasteiger partial charge in [-0.2, -0.15) is 0 Å². The van der Waals surface area contributed by atoms with E-state index in [9.17, 15) is 24.5 Å². The number of hydrogen-bond donors (Lipinski definition) is 3. The van der Waals surface area contributed by atoms with Gasteiger partial charge in [0.15, 0.2) is 6.61 Å². The molecule has 2 aromatic rings. The smallest absolute Gasteiger partial charge is 0.322 e. The fraction of sp³-hybridized carbons (Fsp3) is 0.190. The molecule has 31 heavy (non-hydrogen) atoms. The fourth-order valence-electron chi connectivity index (χ4n) is 2.95. The van der Waals surface area contributed by atoms with Gasteiger partial charge in [0.2, 0.25) is 0 Å². The average molecular weight is 424 g/mol. The largest absolute Gasteiger partial charge is 0.484 e. The minimum Gasteiger partial charge on any atom is -0.484 e. The third-order valence-corrected chi connectivity index (χ3v) is 4.42. The van der Waals surface area contributed by atoms with Gasteiger partial charge in [-0.1, -0.05) is 36.4 Å². The first kappa shape index (κ1) is 21.5. The Hall–Kier alpha value is -4.21. The Balaban J connectivity index is 1.56. The number of urea groups is 1. The zero-order chi connectivity index (χ0) is 22.4. The Bertz CT molecular complexity index is 1030. The monoisotopic (exact) mass is 424 g/mol. The van der Waals surface area contributed by atoms with Crippen molar-refractivity contribution in [3.63, 3.8) is 0 Å². The minimum absolute atomic E-state index is 0.170. The third-order valence-electron chi connectivity index (χ3n) is 4.42. The zero-order valence-corrected chi connectivity index (χ0v) is 16.5. The molecule has 1 aliphatic rings. The van der Waals surface area contributed by atoms with E-state index < -0.39 is 28.9 Å². The molecule has 3 rings (SSSR count). The summed E-state index contributed by atoms with van der Waals surface area (Å²) < 4.78 is 5.46. The number of amides is 4. The summed E-state index contributed by atoms with van der Waals surface area (Å²) in [6.07, 6.45) is 2.93. The standard InChI is InChI=1S/C21H20N4O6/c1-13-3-2-4-15(11-13)22-18(26)12-31-16-8-5-14(6-9-16)7-10-17-19(25(29)30)20(27)24-21(28)23-17/h2-11,17,19H,12H2,1H3,(H,22,26)(H2,23,24,27,28)/b10-7-. The molecule has 10 nitrogen and oxygen atoms in total. The van der Waals surface area contributed by atoms with E-state index in [2.05, 4.69) is 10.6 Å². The molecule has 160 valence electrons. The van der Waals surface area contributed by atoms with Gasteiger partial charge in [0, 0.05) is 10.6 Å². The number of hydrogen-bond acceptors (Lipinski definition) is 6. The topological polar surface area (TPSA) is 140 Å². The van der Waals surface area contributed by atoms with E-state index in [1.54, 1.807) is 36.4 Å². The molecule has 3 N–H and O–H groups in total. The van der Waals surface area contributed by atoms with Crippen molar-refractivity contribution < 1.29 is 24.0 Å². The molecule has 0 aliphatic carbocycles. The van der Waals surface area contributed by atoms with E-state index in [0.717, 1.165) is 5.56 Å². The van der Waals surface area contributed by atoms with E-state index in [1.807, 2.05) is 30.4 Å². The maximum atomic E-state index is 12.0. The molecule has 0 bridgehead atoms. The van der Waals surface area contributed by atoms with Crippen LogP contribution in [0.4, 0.5) is 10.5 Å². The third kappa shape index (κ3) is 5.89. The van der Waals surface area contributed by atoms with Crippen LogP contribution in [-0.4, -0.2) is 41.5 Å². The summed E-state index contributed by atoms with van der Waals surface area (Å²) in [7, 11) is 0. The molecule has 0 aromatic heterocycles. The molecule has 2 unspecified atom stereocenters. The first-order valence-electron chi connectivity index (χ1n) is 9.34. The SMILES string of the molecule is Cc1cccc(NC(=O)COc2ccc(/C=C\C3NC(=O)NC(=O)C3[N+](=O)[O-])cc2)c1. The molecular formula is C21H20N4O6. The van der Waals surface area contributed by atoms with Crippen molar-refractivity contribution in [3.8, 4) is 5.75 Å². The summed E-state index contributed by atoms with van der Waals surface area (Å²) in [6, 6.07) is 10.6. The molecule has 0 spiro atoms. The lowest BCUT2D eigenvalue weighted by atomic mass is 10.0. The molecule has 4 amide bonds. The first-order chi connectivity index (χ1) is 14.8. The second-order valence-electron chi connectivity index (χ2n) is 6.85. The van der Waals surface area contributed by atoms with Crippen molar-refractivity contribution in [2.45, 2.75) is 19.0 Å². The van der Waals surface area contributed by atoms with Crippen molar-refractivity contribution in [1.29, 1.82) is 0 Å². The van der Waals surface area contributed by atoms with Gasteiger partial charge in [-0.05, 0) is 42.3 Å². The maximum absolute atomic E-state index is 12.0. The first-order valence-corrected chi connectivity index (χ1v) is 9.34. The molecule has 0 radical (unpaired) electrons. The summed E-state index contributed by atoms with van der Waals surface area (Å²) >= 11 is 0.